The van der Waals surface area contributed by atoms with E-state index in [2.05, 4.69) is 10.6 Å². The van der Waals surface area contributed by atoms with E-state index in [1.807, 2.05) is 12.1 Å². The van der Waals surface area contributed by atoms with Crippen molar-refractivity contribution in [2.24, 2.45) is 5.73 Å². The van der Waals surface area contributed by atoms with Crippen molar-refractivity contribution in [3.05, 3.63) is 24.3 Å². The summed E-state index contributed by atoms with van der Waals surface area (Å²) < 4.78 is 0. The molecule has 3 amide bonds. The van der Waals surface area contributed by atoms with E-state index in [1.54, 1.807) is 17.0 Å². The third-order valence-corrected chi connectivity index (χ3v) is 3.21. The van der Waals surface area contributed by atoms with Crippen LogP contribution in [-0.2, 0) is 4.79 Å². The van der Waals surface area contributed by atoms with E-state index >= 15 is 0 Å². The van der Waals surface area contributed by atoms with E-state index in [-0.39, 0.29) is 18.4 Å². The molecule has 1 aliphatic heterocycles. The molecule has 1 aliphatic rings. The van der Waals surface area contributed by atoms with Crippen molar-refractivity contribution in [2.45, 2.75) is 19.3 Å². The lowest BCUT2D eigenvalue weighted by Gasteiger charge is -2.18. The van der Waals surface area contributed by atoms with Crippen LogP contribution in [-0.4, -0.2) is 36.5 Å². The number of amides is 3. The Balaban J connectivity index is 2.03. The molecule has 108 valence electrons. The second kappa shape index (κ2) is 6.91. The molecule has 0 bridgehead atoms. The second-order valence-corrected chi connectivity index (χ2v) is 4.76. The molecular formula is C14H20N4O2. The second-order valence-electron chi connectivity index (χ2n) is 4.76. The summed E-state index contributed by atoms with van der Waals surface area (Å²) in [4.78, 5) is 25.4. The quantitative estimate of drug-likeness (QED) is 0.780. The number of nitrogens with one attached hydrogen (secondary N) is 2. The average molecular weight is 276 g/mol. The zero-order chi connectivity index (χ0) is 14.4. The summed E-state index contributed by atoms with van der Waals surface area (Å²) in [5.74, 6) is -0.157. The Morgan fingerprint density at radius 3 is 2.30 bits per heavy atom. The van der Waals surface area contributed by atoms with Gasteiger partial charge in [0.05, 0.1) is 11.4 Å². The highest BCUT2D eigenvalue weighted by Crippen LogP contribution is 2.22. The van der Waals surface area contributed by atoms with E-state index in [9.17, 15) is 9.59 Å². The average Bonchev–Trinajstić information content (AvgIpc) is 2.95. The number of anilines is 2. The molecule has 1 saturated heterocycles. The molecule has 4 N–H and O–H groups in total. The first-order chi connectivity index (χ1) is 9.70. The van der Waals surface area contributed by atoms with Crippen molar-refractivity contribution in [2.75, 3.05) is 30.3 Å². The van der Waals surface area contributed by atoms with Crippen LogP contribution in [0.4, 0.5) is 16.2 Å². The Hall–Kier alpha value is -2.08. The van der Waals surface area contributed by atoms with Crippen LogP contribution >= 0.6 is 0 Å². The highest BCUT2D eigenvalue weighted by atomic mass is 16.2. The summed E-state index contributed by atoms with van der Waals surface area (Å²) >= 11 is 0. The molecule has 0 aromatic heterocycles. The number of nitrogens with two attached hydrogens (primary N) is 1. The number of likely N-dealkylation sites (tertiary alicyclic amines) is 1. The number of rotatable bonds is 4. The summed E-state index contributed by atoms with van der Waals surface area (Å²) in [5.41, 5.74) is 6.55. The van der Waals surface area contributed by atoms with Gasteiger partial charge in [-0.1, -0.05) is 12.1 Å². The third-order valence-electron chi connectivity index (χ3n) is 3.21. The zero-order valence-corrected chi connectivity index (χ0v) is 11.4. The van der Waals surface area contributed by atoms with Crippen LogP contribution in [0.5, 0.6) is 0 Å². The molecule has 1 fully saturated rings. The van der Waals surface area contributed by atoms with Crippen molar-refractivity contribution in [1.29, 1.82) is 0 Å². The molecular weight excluding hydrogens is 256 g/mol. The summed E-state index contributed by atoms with van der Waals surface area (Å²) in [6.07, 6.45) is 2.35. The standard InChI is InChI=1S/C14H20N4O2/c15-8-7-13(19)16-11-5-1-2-6-12(11)17-14(20)18-9-3-4-10-18/h1-2,5-6H,3-4,7-10,15H2,(H,16,19)(H,17,20). The molecule has 0 spiro atoms. The lowest BCUT2D eigenvalue weighted by Crippen LogP contribution is -2.32. The number of hydrogen-bond acceptors (Lipinski definition) is 3. The summed E-state index contributed by atoms with van der Waals surface area (Å²) in [6.45, 7) is 1.87. The van der Waals surface area contributed by atoms with Crippen LogP contribution in [0.25, 0.3) is 0 Å². The van der Waals surface area contributed by atoms with Gasteiger partial charge >= 0.3 is 6.03 Å². The van der Waals surface area contributed by atoms with Gasteiger partial charge in [0.15, 0.2) is 0 Å². The van der Waals surface area contributed by atoms with Gasteiger partial charge in [0.2, 0.25) is 5.91 Å². The fraction of sp³-hybridized carbons (Fsp3) is 0.429. The molecule has 6 nitrogen and oxygen atoms in total. The van der Waals surface area contributed by atoms with Gasteiger partial charge in [0, 0.05) is 26.1 Å². The van der Waals surface area contributed by atoms with Gasteiger partial charge in [0.1, 0.15) is 0 Å². The molecule has 2 rings (SSSR count). The predicted octanol–water partition coefficient (Wildman–Crippen LogP) is 1.60. The van der Waals surface area contributed by atoms with E-state index in [1.165, 1.54) is 0 Å². The number of urea groups is 1. The minimum atomic E-state index is -0.157. The highest BCUT2D eigenvalue weighted by molar-refractivity contribution is 5.99. The number of nitrogens with zero attached hydrogens (tertiary/aromatic N) is 1. The van der Waals surface area contributed by atoms with E-state index in [0.717, 1.165) is 25.9 Å². The fourth-order valence-electron chi connectivity index (χ4n) is 2.16. The molecule has 6 heteroatoms. The van der Waals surface area contributed by atoms with Crippen LogP contribution < -0.4 is 16.4 Å². The lowest BCUT2D eigenvalue weighted by molar-refractivity contribution is -0.116. The predicted molar refractivity (Wildman–Crippen MR) is 78.6 cm³/mol. The van der Waals surface area contributed by atoms with Gasteiger partial charge in [-0.05, 0) is 25.0 Å². The van der Waals surface area contributed by atoms with E-state index in [0.29, 0.717) is 17.9 Å². The molecule has 0 saturated carbocycles. The minimum absolute atomic E-state index is 0.122. The maximum absolute atomic E-state index is 12.1. The Morgan fingerprint density at radius 1 is 1.10 bits per heavy atom. The maximum Gasteiger partial charge on any atom is 0.321 e. The van der Waals surface area contributed by atoms with Crippen molar-refractivity contribution < 1.29 is 9.59 Å². The van der Waals surface area contributed by atoms with Gasteiger partial charge < -0.3 is 21.3 Å². The minimum Gasteiger partial charge on any atom is -0.330 e. The molecule has 1 heterocycles. The first kappa shape index (κ1) is 14.3. The fourth-order valence-corrected chi connectivity index (χ4v) is 2.16. The number of hydrogen-bond donors (Lipinski definition) is 3. The number of carbonyl (C=O) groups excluding carboxylic acids is 2. The van der Waals surface area contributed by atoms with Crippen molar-refractivity contribution >= 4 is 23.3 Å². The smallest absolute Gasteiger partial charge is 0.321 e. The van der Waals surface area contributed by atoms with E-state index in [4.69, 9.17) is 5.73 Å². The van der Waals surface area contributed by atoms with E-state index < -0.39 is 0 Å². The van der Waals surface area contributed by atoms with Gasteiger partial charge in [-0.2, -0.15) is 0 Å². The molecule has 0 aliphatic carbocycles. The van der Waals surface area contributed by atoms with Crippen LogP contribution in [0.2, 0.25) is 0 Å². The summed E-state index contributed by atoms with van der Waals surface area (Å²) in [7, 11) is 0. The van der Waals surface area contributed by atoms with Crippen LogP contribution in [0, 0.1) is 0 Å². The van der Waals surface area contributed by atoms with Crippen LogP contribution in [0.3, 0.4) is 0 Å². The molecule has 0 radical (unpaired) electrons. The lowest BCUT2D eigenvalue weighted by atomic mass is 10.2. The van der Waals surface area contributed by atoms with Crippen LogP contribution in [0.1, 0.15) is 19.3 Å². The van der Waals surface area contributed by atoms with Crippen molar-refractivity contribution in [3.63, 3.8) is 0 Å². The zero-order valence-electron chi connectivity index (χ0n) is 11.4. The van der Waals surface area contributed by atoms with Crippen molar-refractivity contribution in [1.82, 2.24) is 4.90 Å². The van der Waals surface area contributed by atoms with Gasteiger partial charge in [-0.15, -0.1) is 0 Å². The first-order valence-electron chi connectivity index (χ1n) is 6.85. The Labute approximate surface area is 118 Å². The first-order valence-corrected chi connectivity index (χ1v) is 6.85. The number of benzene rings is 1. The monoisotopic (exact) mass is 276 g/mol. The maximum atomic E-state index is 12.1. The number of carbonyl (C=O) groups is 2. The molecule has 1 aromatic carbocycles. The highest BCUT2D eigenvalue weighted by Gasteiger charge is 2.18. The van der Waals surface area contributed by atoms with Gasteiger partial charge in [-0.3, -0.25) is 4.79 Å². The van der Waals surface area contributed by atoms with Crippen LogP contribution in [0.15, 0.2) is 24.3 Å². The topological polar surface area (TPSA) is 87.5 Å². The Bertz CT molecular complexity index is 484. The summed E-state index contributed by atoms with van der Waals surface area (Å²) in [6, 6.07) is 7.03. The number of para-hydroxylation sites is 2. The Morgan fingerprint density at radius 2 is 1.70 bits per heavy atom. The molecule has 0 atom stereocenters. The molecule has 0 unspecified atom stereocenters. The third kappa shape index (κ3) is 3.71. The normalized spacial score (nSPS) is 14.2. The molecule has 1 aromatic rings. The van der Waals surface area contributed by atoms with Crippen molar-refractivity contribution in [3.8, 4) is 0 Å². The van der Waals surface area contributed by atoms with Gasteiger partial charge in [0.25, 0.3) is 0 Å². The SMILES string of the molecule is NCCC(=O)Nc1ccccc1NC(=O)N1CCCC1. The molecule has 20 heavy (non-hydrogen) atoms. The largest absolute Gasteiger partial charge is 0.330 e. The van der Waals surface area contributed by atoms with Gasteiger partial charge in [-0.25, -0.2) is 4.79 Å². The summed E-state index contributed by atoms with van der Waals surface area (Å²) in [5, 5.41) is 5.60. The Kier molecular flexibility index (Phi) is 4.95.